The quantitative estimate of drug-likeness (QED) is 0.229. The second-order valence-electron chi connectivity index (χ2n) is 8.16. The van der Waals surface area contributed by atoms with E-state index in [4.69, 9.17) is 20.4 Å². The fourth-order valence-corrected chi connectivity index (χ4v) is 3.68. The first kappa shape index (κ1) is 23.6. The van der Waals surface area contributed by atoms with E-state index in [1.165, 1.54) is 0 Å². The largest absolute Gasteiger partial charge is 0.282 e. The number of rotatable bonds is 6. The van der Waals surface area contributed by atoms with Gasteiger partial charge in [0.15, 0.2) is 23.3 Å². The van der Waals surface area contributed by atoms with E-state index in [2.05, 4.69) is 9.98 Å². The molecular formula is C31H24N6. The molecule has 37 heavy (non-hydrogen) atoms. The molecule has 0 aliphatic rings. The van der Waals surface area contributed by atoms with Crippen LogP contribution in [-0.2, 0) is 6.42 Å². The van der Waals surface area contributed by atoms with Crippen LogP contribution in [0.5, 0.6) is 0 Å². The highest BCUT2D eigenvalue weighted by Crippen LogP contribution is 2.20. The molecule has 5 aromatic rings. The smallest absolute Gasteiger partial charge is 0.163 e. The van der Waals surface area contributed by atoms with Crippen molar-refractivity contribution < 1.29 is 0 Å². The summed E-state index contributed by atoms with van der Waals surface area (Å²) in [7, 11) is 0. The zero-order chi connectivity index (χ0) is 25.3. The van der Waals surface area contributed by atoms with Crippen molar-refractivity contribution in [2.75, 3.05) is 0 Å². The summed E-state index contributed by atoms with van der Waals surface area (Å²) in [6.45, 7) is 0. The second-order valence-corrected chi connectivity index (χ2v) is 8.16. The van der Waals surface area contributed by atoms with Crippen molar-refractivity contribution in [1.82, 2.24) is 15.0 Å². The van der Waals surface area contributed by atoms with Crippen molar-refractivity contribution in [3.63, 3.8) is 0 Å². The highest BCUT2D eigenvalue weighted by atomic mass is 15.0. The lowest BCUT2D eigenvalue weighted by Crippen LogP contribution is -2.06. The van der Waals surface area contributed by atoms with Crippen LogP contribution in [0.15, 0.2) is 131 Å². The predicted molar refractivity (Wildman–Crippen MR) is 149 cm³/mol. The minimum Gasteiger partial charge on any atom is -0.282 e. The van der Waals surface area contributed by atoms with E-state index >= 15 is 0 Å². The molecule has 0 fully saturated rings. The Morgan fingerprint density at radius 1 is 0.595 bits per heavy atom. The van der Waals surface area contributed by atoms with Crippen molar-refractivity contribution in [1.29, 1.82) is 5.41 Å². The summed E-state index contributed by atoms with van der Waals surface area (Å²) < 4.78 is 0. The molecule has 1 aromatic heterocycles. The number of nitrogens with zero attached hydrogens (tertiary/aromatic N) is 5. The van der Waals surface area contributed by atoms with Crippen LogP contribution >= 0.6 is 0 Å². The molecule has 0 saturated carbocycles. The molecule has 0 aliphatic carbocycles. The molecule has 0 bridgehead atoms. The van der Waals surface area contributed by atoms with Crippen molar-refractivity contribution in [2.24, 2.45) is 9.98 Å². The van der Waals surface area contributed by atoms with E-state index in [0.717, 1.165) is 22.3 Å². The lowest BCUT2D eigenvalue weighted by molar-refractivity contribution is 0.968. The monoisotopic (exact) mass is 480 g/mol. The van der Waals surface area contributed by atoms with Crippen molar-refractivity contribution in [3.05, 3.63) is 138 Å². The van der Waals surface area contributed by atoms with Crippen molar-refractivity contribution >= 4 is 17.9 Å². The SMILES string of the molecule is N=C(N=C(N=CCc1nc(-c2ccccc2)nc(-c2ccccc2)n1)c1ccccc1)c1ccccc1. The van der Waals surface area contributed by atoms with Gasteiger partial charge in [-0.3, -0.25) is 5.41 Å². The highest BCUT2D eigenvalue weighted by Gasteiger charge is 2.10. The van der Waals surface area contributed by atoms with Gasteiger partial charge in [0, 0.05) is 34.9 Å². The van der Waals surface area contributed by atoms with Gasteiger partial charge in [-0.05, 0) is 0 Å². The van der Waals surface area contributed by atoms with E-state index < -0.39 is 0 Å². The Labute approximate surface area is 215 Å². The first-order valence-electron chi connectivity index (χ1n) is 11.9. The second kappa shape index (κ2) is 11.6. The third-order valence-electron chi connectivity index (χ3n) is 5.53. The van der Waals surface area contributed by atoms with E-state index in [-0.39, 0.29) is 5.84 Å². The van der Waals surface area contributed by atoms with Gasteiger partial charge < -0.3 is 0 Å². The topological polar surface area (TPSA) is 87.2 Å². The molecule has 0 amide bonds. The highest BCUT2D eigenvalue weighted by molar-refractivity contribution is 6.12. The lowest BCUT2D eigenvalue weighted by atomic mass is 10.2. The number of hydrogen-bond donors (Lipinski definition) is 1. The minimum atomic E-state index is 0.148. The van der Waals surface area contributed by atoms with Crippen LogP contribution in [0.3, 0.4) is 0 Å². The van der Waals surface area contributed by atoms with Gasteiger partial charge in [-0.15, -0.1) is 0 Å². The lowest BCUT2D eigenvalue weighted by Gasteiger charge is -2.07. The van der Waals surface area contributed by atoms with E-state index in [0.29, 0.717) is 29.7 Å². The Kier molecular flexibility index (Phi) is 7.38. The summed E-state index contributed by atoms with van der Waals surface area (Å²) in [4.78, 5) is 23.3. The van der Waals surface area contributed by atoms with Crippen molar-refractivity contribution in [2.45, 2.75) is 6.42 Å². The maximum Gasteiger partial charge on any atom is 0.163 e. The molecule has 4 aromatic carbocycles. The Morgan fingerprint density at radius 3 is 1.57 bits per heavy atom. The normalized spacial score (nSPS) is 11.5. The fourth-order valence-electron chi connectivity index (χ4n) is 3.68. The average Bonchev–Trinajstić information content (AvgIpc) is 2.98. The van der Waals surface area contributed by atoms with Crippen LogP contribution in [0.2, 0.25) is 0 Å². The van der Waals surface area contributed by atoms with Gasteiger partial charge in [0.2, 0.25) is 0 Å². The fraction of sp³-hybridized carbons (Fsp3) is 0.0323. The molecule has 6 heteroatoms. The number of benzene rings is 4. The Morgan fingerprint density at radius 2 is 1.05 bits per heavy atom. The van der Waals surface area contributed by atoms with Gasteiger partial charge in [-0.1, -0.05) is 121 Å². The summed E-state index contributed by atoms with van der Waals surface area (Å²) >= 11 is 0. The van der Waals surface area contributed by atoms with Crippen LogP contribution in [0, 0.1) is 5.41 Å². The molecule has 0 radical (unpaired) electrons. The maximum absolute atomic E-state index is 8.46. The third-order valence-corrected chi connectivity index (χ3v) is 5.53. The Balaban J connectivity index is 1.47. The minimum absolute atomic E-state index is 0.148. The summed E-state index contributed by atoms with van der Waals surface area (Å²) in [6, 6.07) is 38.8. The van der Waals surface area contributed by atoms with E-state index in [1.54, 1.807) is 6.21 Å². The van der Waals surface area contributed by atoms with Gasteiger partial charge in [0.25, 0.3) is 0 Å². The van der Waals surface area contributed by atoms with Gasteiger partial charge in [0.05, 0.1) is 0 Å². The maximum atomic E-state index is 8.46. The summed E-state index contributed by atoms with van der Waals surface area (Å²) in [5.41, 5.74) is 3.39. The summed E-state index contributed by atoms with van der Waals surface area (Å²) in [5, 5.41) is 8.46. The Hall–Kier alpha value is -5.10. The van der Waals surface area contributed by atoms with Crippen LogP contribution in [0.1, 0.15) is 17.0 Å². The molecule has 0 aliphatic heterocycles. The van der Waals surface area contributed by atoms with E-state index in [9.17, 15) is 0 Å². The number of hydrogen-bond acceptors (Lipinski definition) is 4. The summed E-state index contributed by atoms with van der Waals surface area (Å²) in [6.07, 6.45) is 2.12. The van der Waals surface area contributed by atoms with Gasteiger partial charge in [-0.2, -0.15) is 0 Å². The van der Waals surface area contributed by atoms with Gasteiger partial charge >= 0.3 is 0 Å². The zero-order valence-electron chi connectivity index (χ0n) is 20.1. The molecule has 0 atom stereocenters. The number of aliphatic imine (C=N–C) groups is 2. The molecule has 1 heterocycles. The predicted octanol–water partition coefficient (Wildman–Crippen LogP) is 6.29. The van der Waals surface area contributed by atoms with Crippen LogP contribution in [0.4, 0.5) is 0 Å². The number of nitrogens with one attached hydrogen (secondary N) is 1. The van der Waals surface area contributed by atoms with Crippen LogP contribution < -0.4 is 0 Å². The van der Waals surface area contributed by atoms with Crippen LogP contribution in [0.25, 0.3) is 22.8 Å². The average molecular weight is 481 g/mol. The molecule has 1 N–H and O–H groups in total. The zero-order valence-corrected chi connectivity index (χ0v) is 20.1. The number of aromatic nitrogens is 3. The molecule has 0 spiro atoms. The van der Waals surface area contributed by atoms with Crippen LogP contribution in [-0.4, -0.2) is 32.8 Å². The molecule has 5 rings (SSSR count). The summed E-state index contributed by atoms with van der Waals surface area (Å²) in [5.74, 6) is 2.42. The number of amidine groups is 2. The molecule has 0 unspecified atom stereocenters. The molecular weight excluding hydrogens is 456 g/mol. The first-order chi connectivity index (χ1) is 18.3. The molecule has 6 nitrogen and oxygen atoms in total. The first-order valence-corrected chi connectivity index (χ1v) is 11.9. The van der Waals surface area contributed by atoms with E-state index in [1.807, 2.05) is 121 Å². The van der Waals surface area contributed by atoms with Crippen molar-refractivity contribution in [3.8, 4) is 22.8 Å². The Bertz CT molecular complexity index is 1470. The third kappa shape index (κ3) is 6.13. The van der Waals surface area contributed by atoms with Gasteiger partial charge in [0.1, 0.15) is 5.82 Å². The standard InChI is InChI=1S/C31H24N6/c32-28(23-13-5-1-6-14-23)36-29(24-15-7-2-8-16-24)33-22-21-27-34-30(25-17-9-3-10-18-25)37-31(35-27)26-19-11-4-12-20-26/h1-20,22,32H,21H2. The molecule has 178 valence electrons. The molecule has 0 saturated heterocycles. The van der Waals surface area contributed by atoms with Gasteiger partial charge in [-0.25, -0.2) is 24.9 Å².